The molecule has 1 spiro atoms. The van der Waals surface area contributed by atoms with Crippen LogP contribution in [0, 0.1) is 34.0 Å². The third-order valence-corrected chi connectivity index (χ3v) is 8.54. The molecule has 5 nitrogen and oxygen atoms in total. The van der Waals surface area contributed by atoms with Crippen LogP contribution < -0.4 is 0 Å². The van der Waals surface area contributed by atoms with Gasteiger partial charge in [-0.05, 0) is 41.6 Å². The Morgan fingerprint density at radius 1 is 1.23 bits per heavy atom. The summed E-state index contributed by atoms with van der Waals surface area (Å²) >= 11 is 0. The van der Waals surface area contributed by atoms with Crippen molar-refractivity contribution in [2.75, 3.05) is 0 Å². The van der Waals surface area contributed by atoms with Crippen LogP contribution >= 0.6 is 0 Å². The Hall–Kier alpha value is -1.33. The predicted molar refractivity (Wildman–Crippen MR) is 94.1 cm³/mol. The molecule has 4 saturated carbocycles. The first-order valence-corrected chi connectivity index (χ1v) is 9.70. The third kappa shape index (κ3) is 1.81. The summed E-state index contributed by atoms with van der Waals surface area (Å²) in [6.45, 7) is 7.95. The fraction of sp³-hybridized carbons (Fsp3) is 0.762. The van der Waals surface area contributed by atoms with Gasteiger partial charge in [0.1, 0.15) is 12.1 Å². The molecule has 0 aromatic heterocycles. The fourth-order valence-electron chi connectivity index (χ4n) is 7.47. The molecule has 4 aliphatic rings. The second kappa shape index (κ2) is 5.35. The number of hydrogen-bond acceptors (Lipinski definition) is 5. The first-order chi connectivity index (χ1) is 12.1. The maximum absolute atomic E-state index is 13.2. The summed E-state index contributed by atoms with van der Waals surface area (Å²) in [6, 6.07) is 0. The number of aliphatic hydroxyl groups is 2. The molecule has 0 aromatic rings. The molecule has 0 unspecified atom stereocenters. The molecule has 142 valence electrons. The molecule has 0 amide bonds. The van der Waals surface area contributed by atoms with E-state index in [0.717, 1.165) is 25.5 Å². The van der Waals surface area contributed by atoms with Gasteiger partial charge in [0.2, 0.25) is 0 Å². The van der Waals surface area contributed by atoms with E-state index in [4.69, 9.17) is 0 Å². The largest absolute Gasteiger partial charge is 0.392 e. The smallest absolute Gasteiger partial charge is 0.170 e. The zero-order valence-corrected chi connectivity index (χ0v) is 15.5. The van der Waals surface area contributed by atoms with Gasteiger partial charge in [-0.15, -0.1) is 0 Å². The SMILES string of the molecule is C=C1C(=O)[C@@]23[C@H](O)C[C@H]4[C@@](C)(CC=O)CCC[C@]4(C)[C@H]2C(=O)C[C@@H]1[C@H]3O. The molecule has 0 radical (unpaired) electrons. The summed E-state index contributed by atoms with van der Waals surface area (Å²) in [5.41, 5.74) is -1.95. The normalized spacial score (nSPS) is 53.2. The van der Waals surface area contributed by atoms with Crippen LogP contribution in [0.15, 0.2) is 12.2 Å². The van der Waals surface area contributed by atoms with Crippen molar-refractivity contribution >= 4 is 17.9 Å². The van der Waals surface area contributed by atoms with E-state index in [1.165, 1.54) is 0 Å². The Bertz CT molecular complexity index is 713. The van der Waals surface area contributed by atoms with Crippen molar-refractivity contribution in [3.63, 3.8) is 0 Å². The van der Waals surface area contributed by atoms with Crippen molar-refractivity contribution in [2.45, 2.75) is 64.6 Å². The van der Waals surface area contributed by atoms with Crippen molar-refractivity contribution < 1.29 is 24.6 Å². The van der Waals surface area contributed by atoms with Gasteiger partial charge in [-0.1, -0.05) is 26.8 Å². The minimum atomic E-state index is -1.44. The van der Waals surface area contributed by atoms with Crippen molar-refractivity contribution in [3.05, 3.63) is 12.2 Å². The number of fused-ring (bicyclic) bond motifs is 3. The zero-order chi connectivity index (χ0) is 19.1. The third-order valence-electron chi connectivity index (χ3n) is 8.54. The van der Waals surface area contributed by atoms with E-state index in [2.05, 4.69) is 13.5 Å². The van der Waals surface area contributed by atoms with Crippen LogP contribution in [-0.4, -0.2) is 40.3 Å². The quantitative estimate of drug-likeness (QED) is 0.579. The van der Waals surface area contributed by atoms with E-state index >= 15 is 0 Å². The predicted octanol–water partition coefficient (Wildman–Crippen LogP) is 1.84. The lowest BCUT2D eigenvalue weighted by atomic mass is 9.39. The number of carbonyl (C=O) groups is 3. The molecule has 4 rings (SSSR count). The highest BCUT2D eigenvalue weighted by Gasteiger charge is 2.76. The molecule has 0 saturated heterocycles. The second-order valence-electron chi connectivity index (χ2n) is 9.63. The number of rotatable bonds is 2. The molecule has 4 aliphatic carbocycles. The number of aliphatic hydroxyl groups excluding tert-OH is 2. The van der Waals surface area contributed by atoms with E-state index in [0.29, 0.717) is 18.4 Å². The Kier molecular flexibility index (Phi) is 3.72. The Morgan fingerprint density at radius 3 is 2.58 bits per heavy atom. The molecule has 26 heavy (non-hydrogen) atoms. The summed E-state index contributed by atoms with van der Waals surface area (Å²) < 4.78 is 0. The van der Waals surface area contributed by atoms with Gasteiger partial charge < -0.3 is 15.0 Å². The molecule has 2 N–H and O–H groups in total. The van der Waals surface area contributed by atoms with Crippen LogP contribution in [0.4, 0.5) is 0 Å². The second-order valence-corrected chi connectivity index (χ2v) is 9.63. The average Bonchev–Trinajstić information content (AvgIpc) is 2.68. The fourth-order valence-corrected chi connectivity index (χ4v) is 7.47. The number of Topliss-reactive ketones (excluding diaryl/α,β-unsaturated/α-hetero) is 2. The summed E-state index contributed by atoms with van der Waals surface area (Å²) in [4.78, 5) is 37.7. The number of hydrogen-bond donors (Lipinski definition) is 2. The maximum Gasteiger partial charge on any atom is 0.170 e. The highest BCUT2D eigenvalue weighted by molar-refractivity contribution is 6.09. The lowest BCUT2D eigenvalue weighted by molar-refractivity contribution is -0.222. The molecule has 2 bridgehead atoms. The van der Waals surface area contributed by atoms with Gasteiger partial charge >= 0.3 is 0 Å². The van der Waals surface area contributed by atoms with Gasteiger partial charge in [0.15, 0.2) is 5.78 Å². The van der Waals surface area contributed by atoms with Gasteiger partial charge in [-0.2, -0.15) is 0 Å². The standard InChI is InChI=1S/C21H28O5/c1-11-12-9-13(23)16-20(3)6-4-5-19(2,7-8-22)14(20)10-15(24)21(16,17(11)25)18(12)26/h8,12,14-16,18,24,26H,1,4-7,9-10H2,2-3H3/t12-,14-,15+,16+,18+,19+,20-,21+/m0/s1. The molecule has 5 heteroatoms. The number of carbonyl (C=O) groups excluding carboxylic acids is 3. The van der Waals surface area contributed by atoms with Crippen LogP contribution in [-0.2, 0) is 14.4 Å². The molecule has 8 atom stereocenters. The first-order valence-electron chi connectivity index (χ1n) is 9.70. The van der Waals surface area contributed by atoms with E-state index in [-0.39, 0.29) is 29.3 Å². The minimum absolute atomic E-state index is 0.0334. The van der Waals surface area contributed by atoms with Gasteiger partial charge in [-0.3, -0.25) is 9.59 Å². The van der Waals surface area contributed by atoms with Crippen LogP contribution in [0.5, 0.6) is 0 Å². The number of aldehydes is 1. The topological polar surface area (TPSA) is 91.7 Å². The Balaban J connectivity index is 1.90. The molecular formula is C21H28O5. The maximum atomic E-state index is 13.2. The molecule has 0 aliphatic heterocycles. The van der Waals surface area contributed by atoms with Gasteiger partial charge in [0.05, 0.1) is 17.6 Å². The van der Waals surface area contributed by atoms with Crippen molar-refractivity contribution in [3.8, 4) is 0 Å². The average molecular weight is 360 g/mol. The van der Waals surface area contributed by atoms with E-state index < -0.39 is 34.9 Å². The van der Waals surface area contributed by atoms with Gasteiger partial charge in [0, 0.05) is 24.7 Å². The molecule has 4 fully saturated rings. The number of ketones is 2. The van der Waals surface area contributed by atoms with Crippen LogP contribution in [0.2, 0.25) is 0 Å². The highest BCUT2D eigenvalue weighted by atomic mass is 16.3. The lowest BCUT2D eigenvalue weighted by Gasteiger charge is -2.64. The van der Waals surface area contributed by atoms with Crippen LogP contribution in [0.1, 0.15) is 52.4 Å². The summed E-state index contributed by atoms with van der Waals surface area (Å²) in [6.07, 6.45) is 2.18. The van der Waals surface area contributed by atoms with Crippen molar-refractivity contribution in [1.29, 1.82) is 0 Å². The van der Waals surface area contributed by atoms with E-state index in [9.17, 15) is 24.6 Å². The van der Waals surface area contributed by atoms with E-state index in [1.807, 2.05) is 6.92 Å². The Labute approximate surface area is 153 Å². The van der Waals surface area contributed by atoms with E-state index in [1.54, 1.807) is 0 Å². The minimum Gasteiger partial charge on any atom is -0.392 e. The van der Waals surface area contributed by atoms with Crippen LogP contribution in [0.3, 0.4) is 0 Å². The van der Waals surface area contributed by atoms with Gasteiger partial charge in [0.25, 0.3) is 0 Å². The lowest BCUT2D eigenvalue weighted by Crippen LogP contribution is -2.69. The highest BCUT2D eigenvalue weighted by Crippen LogP contribution is 2.70. The summed E-state index contributed by atoms with van der Waals surface area (Å²) in [5.74, 6) is -1.65. The summed E-state index contributed by atoms with van der Waals surface area (Å²) in [7, 11) is 0. The molecule has 0 heterocycles. The zero-order valence-electron chi connectivity index (χ0n) is 15.5. The van der Waals surface area contributed by atoms with Crippen LogP contribution in [0.25, 0.3) is 0 Å². The Morgan fingerprint density at radius 2 is 1.92 bits per heavy atom. The first kappa shape index (κ1) is 18.1. The summed E-state index contributed by atoms with van der Waals surface area (Å²) in [5, 5.41) is 22.2. The van der Waals surface area contributed by atoms with Crippen molar-refractivity contribution in [2.24, 2.45) is 34.0 Å². The monoisotopic (exact) mass is 360 g/mol. The molecular weight excluding hydrogens is 332 g/mol. The molecule has 0 aromatic carbocycles. The van der Waals surface area contributed by atoms with Gasteiger partial charge in [-0.25, -0.2) is 0 Å². The van der Waals surface area contributed by atoms with Crippen molar-refractivity contribution in [1.82, 2.24) is 0 Å².